The molecule has 0 aromatic carbocycles. The maximum Gasteiger partial charge on any atom is 0.234 e. The normalized spacial score (nSPS) is 13.4. The second-order valence-electron chi connectivity index (χ2n) is 5.43. The van der Waals surface area contributed by atoms with Crippen LogP contribution in [0.25, 0.3) is 0 Å². The predicted octanol–water partition coefficient (Wildman–Crippen LogP) is 0.790. The lowest BCUT2D eigenvalue weighted by atomic mass is 9.90. The Morgan fingerprint density at radius 1 is 1.28 bits per heavy atom. The van der Waals surface area contributed by atoms with E-state index in [1.807, 2.05) is 6.92 Å². The fraction of sp³-hybridized carbons (Fsp3) is 0.923. The minimum atomic E-state index is 0.00194. The summed E-state index contributed by atoms with van der Waals surface area (Å²) in [6.45, 7) is 8.64. The van der Waals surface area contributed by atoms with Crippen LogP contribution in [0.15, 0.2) is 0 Å². The van der Waals surface area contributed by atoms with E-state index >= 15 is 0 Å². The minimum Gasteiger partial charge on any atom is -0.385 e. The molecule has 0 fully saturated rings. The van der Waals surface area contributed by atoms with Gasteiger partial charge in [-0.25, -0.2) is 0 Å². The van der Waals surface area contributed by atoms with Crippen LogP contribution in [0.2, 0.25) is 0 Å². The van der Waals surface area contributed by atoms with E-state index in [-0.39, 0.29) is 17.4 Å². The maximum atomic E-state index is 11.6. The van der Waals surface area contributed by atoms with Crippen molar-refractivity contribution in [1.29, 1.82) is 0 Å². The molecule has 1 amide bonds. The SMILES string of the molecule is COCCC(C)(C)CNCC(=O)NC(C)COC. The molecule has 5 nitrogen and oxygen atoms in total. The molecule has 0 saturated carbocycles. The average Bonchev–Trinajstić information content (AvgIpc) is 2.26. The van der Waals surface area contributed by atoms with E-state index in [1.165, 1.54) is 0 Å². The molecule has 108 valence electrons. The van der Waals surface area contributed by atoms with Gasteiger partial charge in [0.15, 0.2) is 0 Å². The molecule has 5 heteroatoms. The van der Waals surface area contributed by atoms with Crippen LogP contribution in [0.3, 0.4) is 0 Å². The lowest BCUT2D eigenvalue weighted by Crippen LogP contribution is -2.43. The summed E-state index contributed by atoms with van der Waals surface area (Å²) in [4.78, 5) is 11.6. The molecule has 18 heavy (non-hydrogen) atoms. The van der Waals surface area contributed by atoms with E-state index in [2.05, 4.69) is 24.5 Å². The van der Waals surface area contributed by atoms with E-state index in [4.69, 9.17) is 9.47 Å². The van der Waals surface area contributed by atoms with Gasteiger partial charge in [0, 0.05) is 33.4 Å². The van der Waals surface area contributed by atoms with Gasteiger partial charge in [-0.3, -0.25) is 4.79 Å². The van der Waals surface area contributed by atoms with Crippen molar-refractivity contribution < 1.29 is 14.3 Å². The molecule has 0 aliphatic heterocycles. The minimum absolute atomic E-state index is 0.00194. The van der Waals surface area contributed by atoms with Crippen molar-refractivity contribution in [2.75, 3.05) is 40.5 Å². The van der Waals surface area contributed by atoms with Crippen molar-refractivity contribution >= 4 is 5.91 Å². The summed E-state index contributed by atoms with van der Waals surface area (Å²) in [5, 5.41) is 6.03. The lowest BCUT2D eigenvalue weighted by Gasteiger charge is -2.24. The number of carbonyl (C=O) groups is 1. The molecule has 0 radical (unpaired) electrons. The number of carbonyl (C=O) groups excluding carboxylic acids is 1. The molecular formula is C13H28N2O3. The number of methoxy groups -OCH3 is 2. The highest BCUT2D eigenvalue weighted by molar-refractivity contribution is 5.78. The zero-order chi connectivity index (χ0) is 14.0. The van der Waals surface area contributed by atoms with Gasteiger partial charge < -0.3 is 20.1 Å². The third-order valence-corrected chi connectivity index (χ3v) is 2.70. The first-order chi connectivity index (χ1) is 8.41. The van der Waals surface area contributed by atoms with Crippen molar-refractivity contribution in [3.8, 4) is 0 Å². The second kappa shape index (κ2) is 9.30. The van der Waals surface area contributed by atoms with Crippen LogP contribution in [-0.4, -0.2) is 52.5 Å². The van der Waals surface area contributed by atoms with Crippen molar-refractivity contribution in [2.24, 2.45) is 5.41 Å². The summed E-state index contributed by atoms with van der Waals surface area (Å²) in [5.41, 5.74) is 0.133. The summed E-state index contributed by atoms with van der Waals surface area (Å²) >= 11 is 0. The van der Waals surface area contributed by atoms with Crippen molar-refractivity contribution in [3.63, 3.8) is 0 Å². The third kappa shape index (κ3) is 9.39. The molecule has 0 aromatic heterocycles. The van der Waals surface area contributed by atoms with Crippen LogP contribution in [0.4, 0.5) is 0 Å². The molecule has 0 aromatic rings. The van der Waals surface area contributed by atoms with E-state index < -0.39 is 0 Å². The summed E-state index contributed by atoms with van der Waals surface area (Å²) in [5.74, 6) is 0.00194. The third-order valence-electron chi connectivity index (χ3n) is 2.70. The quantitative estimate of drug-likeness (QED) is 0.610. The Kier molecular flexibility index (Phi) is 8.97. The van der Waals surface area contributed by atoms with Crippen LogP contribution >= 0.6 is 0 Å². The molecule has 2 N–H and O–H groups in total. The monoisotopic (exact) mass is 260 g/mol. The number of ether oxygens (including phenoxy) is 2. The zero-order valence-corrected chi connectivity index (χ0v) is 12.3. The molecule has 0 saturated heterocycles. The van der Waals surface area contributed by atoms with Gasteiger partial charge in [0.1, 0.15) is 0 Å². The van der Waals surface area contributed by atoms with Crippen molar-refractivity contribution in [1.82, 2.24) is 10.6 Å². The Hall–Kier alpha value is -0.650. The standard InChI is InChI=1S/C13H28N2O3/c1-11(9-18-5)15-12(16)8-14-10-13(2,3)6-7-17-4/h11,14H,6-10H2,1-5H3,(H,15,16). The van der Waals surface area contributed by atoms with Gasteiger partial charge in [0.2, 0.25) is 5.91 Å². The van der Waals surface area contributed by atoms with Gasteiger partial charge in [-0.1, -0.05) is 13.8 Å². The predicted molar refractivity (Wildman–Crippen MR) is 72.6 cm³/mol. The first-order valence-corrected chi connectivity index (χ1v) is 6.39. The zero-order valence-electron chi connectivity index (χ0n) is 12.3. The van der Waals surface area contributed by atoms with E-state index in [0.29, 0.717) is 13.2 Å². The summed E-state index contributed by atoms with van der Waals surface area (Å²) < 4.78 is 10.0. The average molecular weight is 260 g/mol. The van der Waals surface area contributed by atoms with E-state index in [0.717, 1.165) is 19.6 Å². The topological polar surface area (TPSA) is 59.6 Å². The largest absolute Gasteiger partial charge is 0.385 e. The number of amides is 1. The number of hydrogen-bond donors (Lipinski definition) is 2. The maximum absolute atomic E-state index is 11.6. The van der Waals surface area contributed by atoms with Gasteiger partial charge in [-0.15, -0.1) is 0 Å². The van der Waals surface area contributed by atoms with Gasteiger partial charge in [-0.05, 0) is 18.8 Å². The Labute approximate surface area is 111 Å². The number of hydrogen-bond acceptors (Lipinski definition) is 4. The molecule has 0 rings (SSSR count). The molecule has 1 unspecified atom stereocenters. The lowest BCUT2D eigenvalue weighted by molar-refractivity contribution is -0.121. The molecule has 0 spiro atoms. The van der Waals surface area contributed by atoms with Gasteiger partial charge >= 0.3 is 0 Å². The molecule has 0 aliphatic rings. The van der Waals surface area contributed by atoms with Crippen LogP contribution in [-0.2, 0) is 14.3 Å². The Balaban J connectivity index is 3.72. The van der Waals surface area contributed by atoms with Crippen molar-refractivity contribution in [2.45, 2.75) is 33.2 Å². The first kappa shape index (κ1) is 17.4. The number of nitrogens with one attached hydrogen (secondary N) is 2. The summed E-state index contributed by atoms with van der Waals surface area (Å²) in [6, 6.07) is 0.0470. The number of rotatable bonds is 10. The van der Waals surface area contributed by atoms with Gasteiger partial charge in [-0.2, -0.15) is 0 Å². The molecule has 0 heterocycles. The molecule has 0 aliphatic carbocycles. The molecular weight excluding hydrogens is 232 g/mol. The van der Waals surface area contributed by atoms with E-state index in [1.54, 1.807) is 14.2 Å². The van der Waals surface area contributed by atoms with Crippen LogP contribution in [0, 0.1) is 5.41 Å². The van der Waals surface area contributed by atoms with Crippen LogP contribution in [0.5, 0.6) is 0 Å². The van der Waals surface area contributed by atoms with Crippen molar-refractivity contribution in [3.05, 3.63) is 0 Å². The Morgan fingerprint density at radius 3 is 2.50 bits per heavy atom. The fourth-order valence-electron chi connectivity index (χ4n) is 1.60. The van der Waals surface area contributed by atoms with Crippen LogP contribution in [0.1, 0.15) is 27.2 Å². The second-order valence-corrected chi connectivity index (χ2v) is 5.43. The Morgan fingerprint density at radius 2 is 1.94 bits per heavy atom. The highest BCUT2D eigenvalue weighted by Crippen LogP contribution is 2.18. The highest BCUT2D eigenvalue weighted by atomic mass is 16.5. The summed E-state index contributed by atoms with van der Waals surface area (Å²) in [6.07, 6.45) is 0.970. The fourth-order valence-corrected chi connectivity index (χ4v) is 1.60. The molecule has 0 bridgehead atoms. The van der Waals surface area contributed by atoms with Gasteiger partial charge in [0.25, 0.3) is 0 Å². The Bertz CT molecular complexity index is 232. The van der Waals surface area contributed by atoms with Gasteiger partial charge in [0.05, 0.1) is 13.2 Å². The van der Waals surface area contributed by atoms with E-state index in [9.17, 15) is 4.79 Å². The molecule has 1 atom stereocenters. The highest BCUT2D eigenvalue weighted by Gasteiger charge is 2.17. The first-order valence-electron chi connectivity index (χ1n) is 6.39. The smallest absolute Gasteiger partial charge is 0.234 e. The van der Waals surface area contributed by atoms with Crippen LogP contribution < -0.4 is 10.6 Å². The summed E-state index contributed by atoms with van der Waals surface area (Å²) in [7, 11) is 3.33.